The lowest BCUT2D eigenvalue weighted by molar-refractivity contribution is 0.449. The van der Waals surface area contributed by atoms with Gasteiger partial charge in [0.15, 0.2) is 0 Å². The fraction of sp³-hybridized carbons (Fsp3) is 0.250. The van der Waals surface area contributed by atoms with Crippen molar-refractivity contribution in [1.82, 2.24) is 10.3 Å². The zero-order chi connectivity index (χ0) is 11.4. The van der Waals surface area contributed by atoms with Gasteiger partial charge in [-0.2, -0.15) is 0 Å². The summed E-state index contributed by atoms with van der Waals surface area (Å²) in [5, 5.41) is 4.01. The van der Waals surface area contributed by atoms with E-state index in [1.54, 1.807) is 6.20 Å². The largest absolute Gasteiger partial charge is 0.445 e. The Morgan fingerprint density at radius 1 is 1.25 bits per heavy atom. The summed E-state index contributed by atoms with van der Waals surface area (Å²) in [7, 11) is 0. The van der Waals surface area contributed by atoms with Crippen LogP contribution in [0.25, 0.3) is 0 Å². The molecule has 0 bridgehead atoms. The molecule has 0 atom stereocenters. The van der Waals surface area contributed by atoms with Crippen LogP contribution in [0.2, 0.25) is 5.02 Å². The van der Waals surface area contributed by atoms with E-state index in [1.807, 2.05) is 31.2 Å². The van der Waals surface area contributed by atoms with Gasteiger partial charge in [-0.05, 0) is 24.6 Å². The highest BCUT2D eigenvalue weighted by molar-refractivity contribution is 6.30. The lowest BCUT2D eigenvalue weighted by Gasteiger charge is -2.02. The summed E-state index contributed by atoms with van der Waals surface area (Å²) in [5.74, 6) is 1.55. The molecule has 2 rings (SSSR count). The molecule has 0 aliphatic heterocycles. The number of oxazole rings is 1. The number of nitrogens with one attached hydrogen (secondary N) is 1. The Morgan fingerprint density at radius 2 is 2.00 bits per heavy atom. The second kappa shape index (κ2) is 5.14. The molecule has 0 saturated heterocycles. The number of aromatic nitrogens is 1. The quantitative estimate of drug-likeness (QED) is 0.887. The van der Waals surface area contributed by atoms with Gasteiger partial charge in [-0.15, -0.1) is 0 Å². The molecule has 0 aliphatic rings. The molecule has 4 heteroatoms. The first-order valence-corrected chi connectivity index (χ1v) is 5.48. The van der Waals surface area contributed by atoms with Crippen LogP contribution in [-0.4, -0.2) is 4.98 Å². The van der Waals surface area contributed by atoms with Gasteiger partial charge >= 0.3 is 0 Å². The molecule has 1 aromatic heterocycles. The van der Waals surface area contributed by atoms with E-state index in [0.717, 1.165) is 17.3 Å². The molecule has 0 amide bonds. The van der Waals surface area contributed by atoms with E-state index in [1.165, 1.54) is 5.56 Å². The summed E-state index contributed by atoms with van der Waals surface area (Å²) >= 11 is 5.80. The molecule has 0 fully saturated rings. The van der Waals surface area contributed by atoms with Gasteiger partial charge < -0.3 is 9.73 Å². The van der Waals surface area contributed by atoms with Crippen LogP contribution < -0.4 is 5.32 Å². The number of benzene rings is 1. The van der Waals surface area contributed by atoms with Crippen LogP contribution in [0.3, 0.4) is 0 Å². The van der Waals surface area contributed by atoms with E-state index in [4.69, 9.17) is 16.0 Å². The molecular formula is C12H13ClN2O. The minimum Gasteiger partial charge on any atom is -0.445 e. The molecule has 1 aromatic carbocycles. The van der Waals surface area contributed by atoms with Crippen LogP contribution in [0.1, 0.15) is 17.2 Å². The topological polar surface area (TPSA) is 38.1 Å². The first kappa shape index (κ1) is 11.2. The van der Waals surface area contributed by atoms with Crippen LogP contribution in [0.15, 0.2) is 34.9 Å². The second-order valence-corrected chi connectivity index (χ2v) is 4.03. The number of rotatable bonds is 4. The van der Waals surface area contributed by atoms with Gasteiger partial charge in [0, 0.05) is 11.6 Å². The zero-order valence-electron chi connectivity index (χ0n) is 9.03. The number of nitrogens with zero attached hydrogens (tertiary/aromatic N) is 1. The standard InChI is InChI=1S/C12H13ClN2O/c1-9-6-15-12(16-9)8-14-7-10-2-4-11(13)5-3-10/h2-6,14H,7-8H2,1H3. The molecule has 84 valence electrons. The molecule has 0 aliphatic carbocycles. The summed E-state index contributed by atoms with van der Waals surface area (Å²) in [5.41, 5.74) is 1.19. The highest BCUT2D eigenvalue weighted by Crippen LogP contribution is 2.09. The van der Waals surface area contributed by atoms with Crippen molar-refractivity contribution < 1.29 is 4.42 Å². The maximum Gasteiger partial charge on any atom is 0.208 e. The molecule has 0 spiro atoms. The van der Waals surface area contributed by atoms with Gasteiger partial charge in [-0.3, -0.25) is 0 Å². The Labute approximate surface area is 99.5 Å². The molecule has 0 unspecified atom stereocenters. The summed E-state index contributed by atoms with van der Waals surface area (Å²) < 4.78 is 5.35. The lowest BCUT2D eigenvalue weighted by atomic mass is 10.2. The summed E-state index contributed by atoms with van der Waals surface area (Å²) in [6.45, 7) is 3.30. The van der Waals surface area contributed by atoms with Gasteiger partial charge in [0.05, 0.1) is 12.7 Å². The molecule has 1 N–H and O–H groups in total. The second-order valence-electron chi connectivity index (χ2n) is 3.59. The van der Waals surface area contributed by atoms with Crippen molar-refractivity contribution in [2.75, 3.05) is 0 Å². The fourth-order valence-corrected chi connectivity index (χ4v) is 1.53. The number of hydrogen-bond acceptors (Lipinski definition) is 3. The zero-order valence-corrected chi connectivity index (χ0v) is 9.79. The van der Waals surface area contributed by atoms with Crippen molar-refractivity contribution in [2.45, 2.75) is 20.0 Å². The number of halogens is 1. The third-order valence-electron chi connectivity index (χ3n) is 2.19. The number of hydrogen-bond donors (Lipinski definition) is 1. The smallest absolute Gasteiger partial charge is 0.208 e. The third-order valence-corrected chi connectivity index (χ3v) is 2.44. The van der Waals surface area contributed by atoms with E-state index in [0.29, 0.717) is 12.4 Å². The molecule has 0 saturated carbocycles. The Morgan fingerprint density at radius 3 is 2.62 bits per heavy atom. The molecule has 0 radical (unpaired) electrons. The van der Waals surface area contributed by atoms with Crippen molar-refractivity contribution in [3.05, 3.63) is 52.7 Å². The lowest BCUT2D eigenvalue weighted by Crippen LogP contribution is -2.12. The van der Waals surface area contributed by atoms with Crippen LogP contribution in [0.4, 0.5) is 0 Å². The predicted molar refractivity (Wildman–Crippen MR) is 63.2 cm³/mol. The van der Waals surface area contributed by atoms with Crippen LogP contribution in [0, 0.1) is 6.92 Å². The van der Waals surface area contributed by atoms with Crippen LogP contribution >= 0.6 is 11.6 Å². The Kier molecular flexibility index (Phi) is 3.59. The van der Waals surface area contributed by atoms with Crippen LogP contribution in [-0.2, 0) is 13.1 Å². The molecule has 1 heterocycles. The maximum absolute atomic E-state index is 5.80. The minimum absolute atomic E-state index is 0.635. The monoisotopic (exact) mass is 236 g/mol. The van der Waals surface area contributed by atoms with E-state index in [-0.39, 0.29) is 0 Å². The molecule has 3 nitrogen and oxygen atoms in total. The highest BCUT2D eigenvalue weighted by Gasteiger charge is 1.99. The van der Waals surface area contributed by atoms with E-state index < -0.39 is 0 Å². The van der Waals surface area contributed by atoms with E-state index in [2.05, 4.69) is 10.3 Å². The fourth-order valence-electron chi connectivity index (χ4n) is 1.40. The Hall–Kier alpha value is -1.32. The first-order chi connectivity index (χ1) is 7.74. The van der Waals surface area contributed by atoms with Crippen LogP contribution in [0.5, 0.6) is 0 Å². The summed E-state index contributed by atoms with van der Waals surface area (Å²) in [6, 6.07) is 7.76. The van der Waals surface area contributed by atoms with Gasteiger partial charge in [-0.1, -0.05) is 23.7 Å². The van der Waals surface area contributed by atoms with Gasteiger partial charge in [-0.25, -0.2) is 4.98 Å². The summed E-state index contributed by atoms with van der Waals surface area (Å²) in [6.07, 6.45) is 1.72. The molecule has 16 heavy (non-hydrogen) atoms. The third kappa shape index (κ3) is 3.08. The van der Waals surface area contributed by atoms with Gasteiger partial charge in [0.2, 0.25) is 5.89 Å². The minimum atomic E-state index is 0.635. The van der Waals surface area contributed by atoms with Crippen molar-refractivity contribution in [1.29, 1.82) is 0 Å². The van der Waals surface area contributed by atoms with Crippen molar-refractivity contribution in [2.24, 2.45) is 0 Å². The average molecular weight is 237 g/mol. The van der Waals surface area contributed by atoms with E-state index in [9.17, 15) is 0 Å². The summed E-state index contributed by atoms with van der Waals surface area (Å²) in [4.78, 5) is 4.11. The maximum atomic E-state index is 5.80. The highest BCUT2D eigenvalue weighted by atomic mass is 35.5. The molecule has 2 aromatic rings. The normalized spacial score (nSPS) is 10.6. The Balaban J connectivity index is 1.82. The average Bonchev–Trinajstić information content (AvgIpc) is 2.67. The predicted octanol–water partition coefficient (Wildman–Crippen LogP) is 2.93. The van der Waals surface area contributed by atoms with Crippen molar-refractivity contribution in [3.63, 3.8) is 0 Å². The molecular weight excluding hydrogens is 224 g/mol. The van der Waals surface area contributed by atoms with Gasteiger partial charge in [0.1, 0.15) is 5.76 Å². The number of aryl methyl sites for hydroxylation is 1. The SMILES string of the molecule is Cc1cnc(CNCc2ccc(Cl)cc2)o1. The first-order valence-electron chi connectivity index (χ1n) is 5.10. The van der Waals surface area contributed by atoms with Crippen molar-refractivity contribution >= 4 is 11.6 Å². The van der Waals surface area contributed by atoms with Crippen molar-refractivity contribution in [3.8, 4) is 0 Å². The Bertz CT molecular complexity index is 450. The van der Waals surface area contributed by atoms with E-state index >= 15 is 0 Å². The van der Waals surface area contributed by atoms with Gasteiger partial charge in [0.25, 0.3) is 0 Å².